The maximum Gasteiger partial charge on any atom is 0.339 e. The van der Waals surface area contributed by atoms with Gasteiger partial charge in [0.1, 0.15) is 11.3 Å². The summed E-state index contributed by atoms with van der Waals surface area (Å²) in [5.41, 5.74) is 1.96. The third kappa shape index (κ3) is 4.28. The van der Waals surface area contributed by atoms with Crippen molar-refractivity contribution >= 4 is 5.97 Å². The fourth-order valence-electron chi connectivity index (χ4n) is 2.40. The quantitative estimate of drug-likeness (QED) is 0.781. The van der Waals surface area contributed by atoms with Crippen LogP contribution in [0.25, 0.3) is 11.4 Å². The van der Waals surface area contributed by atoms with E-state index in [0.29, 0.717) is 17.2 Å². The molecule has 0 aliphatic rings. The summed E-state index contributed by atoms with van der Waals surface area (Å²) in [6, 6.07) is 7.56. The molecule has 0 spiro atoms. The zero-order valence-corrected chi connectivity index (χ0v) is 13.8. The van der Waals surface area contributed by atoms with E-state index in [1.54, 1.807) is 13.8 Å². The number of aryl methyl sites for hydroxylation is 2. The van der Waals surface area contributed by atoms with Gasteiger partial charge in [0.15, 0.2) is 5.82 Å². The van der Waals surface area contributed by atoms with Crippen molar-refractivity contribution < 1.29 is 14.6 Å². The summed E-state index contributed by atoms with van der Waals surface area (Å²) in [7, 11) is 0. The number of aromatic nitrogens is 2. The second-order valence-corrected chi connectivity index (χ2v) is 5.48. The lowest BCUT2D eigenvalue weighted by Crippen LogP contribution is -2.08. The number of carboxylic acid groups (broad SMARTS) is 1. The topological polar surface area (TPSA) is 72.3 Å². The number of unbranched alkanes of at least 4 members (excludes halogenated alkanes) is 2. The van der Waals surface area contributed by atoms with Gasteiger partial charge >= 0.3 is 5.97 Å². The Balaban J connectivity index is 2.15. The predicted octanol–water partition coefficient (Wildman–Crippen LogP) is 4.03. The van der Waals surface area contributed by atoms with Crippen molar-refractivity contribution in [2.45, 2.75) is 40.0 Å². The molecule has 2 aromatic rings. The van der Waals surface area contributed by atoms with Gasteiger partial charge in [-0.25, -0.2) is 14.8 Å². The van der Waals surface area contributed by atoms with Gasteiger partial charge in [-0.1, -0.05) is 19.8 Å². The van der Waals surface area contributed by atoms with Crippen LogP contribution in [0.15, 0.2) is 24.3 Å². The number of hydrogen-bond donors (Lipinski definition) is 1. The fourth-order valence-corrected chi connectivity index (χ4v) is 2.40. The van der Waals surface area contributed by atoms with Crippen molar-refractivity contribution in [3.63, 3.8) is 0 Å². The molecule has 0 fully saturated rings. The van der Waals surface area contributed by atoms with E-state index < -0.39 is 5.97 Å². The average molecular weight is 314 g/mol. The molecular weight excluding hydrogens is 292 g/mol. The van der Waals surface area contributed by atoms with Crippen LogP contribution in [0.2, 0.25) is 0 Å². The first kappa shape index (κ1) is 16.9. The number of carboxylic acids is 1. The van der Waals surface area contributed by atoms with Gasteiger partial charge in [-0.05, 0) is 44.5 Å². The standard InChI is InChI=1S/C18H22N2O3/c1-4-5-6-11-23-15-9-7-14(8-10-15)17-19-12(2)16(18(21)22)13(3)20-17/h7-10H,4-6,11H2,1-3H3,(H,21,22). The minimum absolute atomic E-state index is 0.171. The normalized spacial score (nSPS) is 10.6. The van der Waals surface area contributed by atoms with Gasteiger partial charge in [-0.2, -0.15) is 0 Å². The second-order valence-electron chi connectivity index (χ2n) is 5.48. The lowest BCUT2D eigenvalue weighted by atomic mass is 10.1. The summed E-state index contributed by atoms with van der Waals surface area (Å²) < 4.78 is 5.68. The van der Waals surface area contributed by atoms with Crippen LogP contribution in [0.3, 0.4) is 0 Å². The van der Waals surface area contributed by atoms with E-state index >= 15 is 0 Å². The highest BCUT2D eigenvalue weighted by molar-refractivity contribution is 5.90. The van der Waals surface area contributed by atoms with Gasteiger partial charge < -0.3 is 9.84 Å². The fraction of sp³-hybridized carbons (Fsp3) is 0.389. The third-order valence-corrected chi connectivity index (χ3v) is 3.61. The summed E-state index contributed by atoms with van der Waals surface area (Å²) in [5, 5.41) is 9.17. The van der Waals surface area contributed by atoms with Gasteiger partial charge in [0, 0.05) is 5.56 Å². The van der Waals surface area contributed by atoms with Gasteiger partial charge in [-0.3, -0.25) is 0 Å². The average Bonchev–Trinajstić information content (AvgIpc) is 2.51. The Labute approximate surface area is 136 Å². The molecule has 23 heavy (non-hydrogen) atoms. The van der Waals surface area contributed by atoms with E-state index in [2.05, 4.69) is 16.9 Å². The number of rotatable bonds is 7. The Hall–Kier alpha value is -2.43. The smallest absolute Gasteiger partial charge is 0.339 e. The van der Waals surface area contributed by atoms with Gasteiger partial charge in [-0.15, -0.1) is 0 Å². The molecule has 0 atom stereocenters. The van der Waals surface area contributed by atoms with E-state index in [0.717, 1.165) is 24.3 Å². The summed E-state index contributed by atoms with van der Waals surface area (Å²) in [6.45, 7) is 6.25. The molecule has 0 aliphatic heterocycles. The monoisotopic (exact) mass is 314 g/mol. The summed E-state index contributed by atoms with van der Waals surface area (Å²) in [4.78, 5) is 19.8. The van der Waals surface area contributed by atoms with E-state index in [1.807, 2.05) is 24.3 Å². The van der Waals surface area contributed by atoms with Crippen molar-refractivity contribution in [2.75, 3.05) is 6.61 Å². The van der Waals surface area contributed by atoms with Gasteiger partial charge in [0.05, 0.1) is 18.0 Å². The van der Waals surface area contributed by atoms with E-state index in [-0.39, 0.29) is 5.56 Å². The minimum atomic E-state index is -0.998. The second kappa shape index (κ2) is 7.72. The predicted molar refractivity (Wildman–Crippen MR) is 88.9 cm³/mol. The van der Waals surface area contributed by atoms with Crippen LogP contribution in [0, 0.1) is 13.8 Å². The maximum atomic E-state index is 11.2. The highest BCUT2D eigenvalue weighted by atomic mass is 16.5. The highest BCUT2D eigenvalue weighted by Gasteiger charge is 2.15. The zero-order valence-electron chi connectivity index (χ0n) is 13.8. The SMILES string of the molecule is CCCCCOc1ccc(-c2nc(C)c(C(=O)O)c(C)n2)cc1. The van der Waals surface area contributed by atoms with Gasteiger partial charge in [0.2, 0.25) is 0 Å². The molecule has 122 valence electrons. The molecule has 1 N–H and O–H groups in total. The molecule has 0 radical (unpaired) electrons. The van der Waals surface area contributed by atoms with Crippen molar-refractivity contribution in [3.05, 3.63) is 41.2 Å². The van der Waals surface area contributed by atoms with Crippen LogP contribution in [-0.2, 0) is 0 Å². The van der Waals surface area contributed by atoms with Crippen LogP contribution < -0.4 is 4.74 Å². The third-order valence-electron chi connectivity index (χ3n) is 3.61. The maximum absolute atomic E-state index is 11.2. The molecule has 0 aliphatic carbocycles. The molecule has 0 bridgehead atoms. The molecule has 5 heteroatoms. The van der Waals surface area contributed by atoms with Crippen molar-refractivity contribution in [2.24, 2.45) is 0 Å². The van der Waals surface area contributed by atoms with E-state index in [1.165, 1.54) is 12.8 Å². The molecule has 0 saturated heterocycles. The summed E-state index contributed by atoms with van der Waals surface area (Å²) in [6.07, 6.45) is 3.39. The van der Waals surface area contributed by atoms with Crippen molar-refractivity contribution in [3.8, 4) is 17.1 Å². The minimum Gasteiger partial charge on any atom is -0.494 e. The highest BCUT2D eigenvalue weighted by Crippen LogP contribution is 2.22. The molecule has 1 aromatic carbocycles. The Bertz CT molecular complexity index is 658. The molecule has 5 nitrogen and oxygen atoms in total. The van der Waals surface area contributed by atoms with Crippen LogP contribution in [0.1, 0.15) is 47.9 Å². The molecule has 0 saturated carbocycles. The number of nitrogens with zero attached hydrogens (tertiary/aromatic N) is 2. The largest absolute Gasteiger partial charge is 0.494 e. The number of ether oxygens (including phenoxy) is 1. The molecule has 0 amide bonds. The van der Waals surface area contributed by atoms with E-state index in [4.69, 9.17) is 9.84 Å². The Kier molecular flexibility index (Phi) is 5.68. The van der Waals surface area contributed by atoms with Crippen LogP contribution >= 0.6 is 0 Å². The number of carbonyl (C=O) groups is 1. The lowest BCUT2D eigenvalue weighted by Gasteiger charge is -2.09. The first-order chi connectivity index (χ1) is 11.0. The van der Waals surface area contributed by atoms with Gasteiger partial charge in [0.25, 0.3) is 0 Å². The Morgan fingerprint density at radius 2 is 1.70 bits per heavy atom. The van der Waals surface area contributed by atoms with Crippen molar-refractivity contribution in [1.29, 1.82) is 0 Å². The Morgan fingerprint density at radius 3 is 2.22 bits per heavy atom. The molecule has 0 unspecified atom stereocenters. The van der Waals surface area contributed by atoms with Crippen molar-refractivity contribution in [1.82, 2.24) is 9.97 Å². The lowest BCUT2D eigenvalue weighted by molar-refractivity contribution is 0.0694. The molecule has 1 heterocycles. The first-order valence-corrected chi connectivity index (χ1v) is 7.84. The molecular formula is C18H22N2O3. The first-order valence-electron chi connectivity index (χ1n) is 7.84. The zero-order chi connectivity index (χ0) is 16.8. The number of hydrogen-bond acceptors (Lipinski definition) is 4. The van der Waals surface area contributed by atoms with Crippen LogP contribution in [-0.4, -0.2) is 27.7 Å². The van der Waals surface area contributed by atoms with Crippen LogP contribution in [0.4, 0.5) is 0 Å². The van der Waals surface area contributed by atoms with Crippen LogP contribution in [0.5, 0.6) is 5.75 Å². The van der Waals surface area contributed by atoms with E-state index in [9.17, 15) is 4.79 Å². The Morgan fingerprint density at radius 1 is 1.09 bits per heavy atom. The number of benzene rings is 1. The number of aromatic carboxylic acids is 1. The molecule has 1 aromatic heterocycles. The summed E-state index contributed by atoms with van der Waals surface area (Å²) >= 11 is 0. The summed E-state index contributed by atoms with van der Waals surface area (Å²) in [5.74, 6) is 0.352. The molecule has 2 rings (SSSR count).